The van der Waals surface area contributed by atoms with Gasteiger partial charge in [-0.25, -0.2) is 9.37 Å². The minimum atomic E-state index is -0.925. The van der Waals surface area contributed by atoms with Gasteiger partial charge in [0.15, 0.2) is 5.13 Å². The fourth-order valence-electron chi connectivity index (χ4n) is 4.43. The van der Waals surface area contributed by atoms with E-state index < -0.39 is 23.5 Å². The van der Waals surface area contributed by atoms with E-state index in [9.17, 15) is 19.1 Å². The van der Waals surface area contributed by atoms with Crippen LogP contribution in [0.1, 0.15) is 43.5 Å². The quantitative estimate of drug-likeness (QED) is 0.194. The van der Waals surface area contributed by atoms with E-state index in [1.54, 1.807) is 24.3 Å². The normalized spacial score (nSPS) is 17.5. The number of hydrogen-bond donors (Lipinski definition) is 1. The number of carbonyl (C=O) groups excluding carboxylic acids is 2. The summed E-state index contributed by atoms with van der Waals surface area (Å²) in [6, 6.07) is 17.5. The van der Waals surface area contributed by atoms with Crippen molar-refractivity contribution in [1.29, 1.82) is 0 Å². The van der Waals surface area contributed by atoms with Gasteiger partial charge in [-0.2, -0.15) is 0 Å². The molecule has 37 heavy (non-hydrogen) atoms. The molecule has 1 unspecified atom stereocenters. The van der Waals surface area contributed by atoms with Crippen LogP contribution in [0.3, 0.4) is 0 Å². The lowest BCUT2D eigenvalue weighted by Crippen LogP contribution is -2.29. The zero-order valence-electron chi connectivity index (χ0n) is 20.8. The van der Waals surface area contributed by atoms with Crippen molar-refractivity contribution < 1.29 is 23.8 Å². The molecule has 1 atom stereocenters. The molecule has 6 nitrogen and oxygen atoms in total. The lowest BCUT2D eigenvalue weighted by Gasteiger charge is -2.24. The van der Waals surface area contributed by atoms with Gasteiger partial charge >= 0.3 is 5.91 Å². The van der Waals surface area contributed by atoms with Gasteiger partial charge in [-0.05, 0) is 46.9 Å². The molecule has 5 rings (SSSR count). The Balaban J connectivity index is 1.72. The fourth-order valence-corrected chi connectivity index (χ4v) is 5.44. The highest BCUT2D eigenvalue weighted by atomic mass is 32.1. The van der Waals surface area contributed by atoms with Gasteiger partial charge in [0.1, 0.15) is 17.3 Å². The van der Waals surface area contributed by atoms with E-state index in [1.165, 1.54) is 30.2 Å². The van der Waals surface area contributed by atoms with Crippen LogP contribution in [-0.2, 0) is 15.0 Å². The first kappa shape index (κ1) is 24.6. The number of aliphatic hydroxyl groups is 1. The van der Waals surface area contributed by atoms with Crippen LogP contribution in [0, 0.1) is 5.82 Å². The van der Waals surface area contributed by atoms with E-state index in [4.69, 9.17) is 4.74 Å². The van der Waals surface area contributed by atoms with Crippen molar-refractivity contribution in [2.75, 3.05) is 12.0 Å². The smallest absolute Gasteiger partial charge is 0.301 e. The van der Waals surface area contributed by atoms with Crippen LogP contribution in [0.25, 0.3) is 16.0 Å². The van der Waals surface area contributed by atoms with Crippen molar-refractivity contribution >= 4 is 44.1 Å². The van der Waals surface area contributed by atoms with Gasteiger partial charge in [0.25, 0.3) is 5.78 Å². The maximum atomic E-state index is 13.8. The summed E-state index contributed by atoms with van der Waals surface area (Å²) in [7, 11) is 1.50. The third-order valence-electron chi connectivity index (χ3n) is 6.43. The highest BCUT2D eigenvalue weighted by Gasteiger charge is 2.48. The van der Waals surface area contributed by atoms with Crippen LogP contribution in [-0.4, -0.2) is 28.9 Å². The van der Waals surface area contributed by atoms with E-state index in [2.05, 4.69) is 25.8 Å². The molecule has 0 bridgehead atoms. The number of benzene rings is 3. The van der Waals surface area contributed by atoms with E-state index in [0.717, 1.165) is 16.9 Å². The summed E-state index contributed by atoms with van der Waals surface area (Å²) in [5.41, 5.74) is 2.43. The standard InChI is InChI=1S/C29H25FN2O4S/c1-29(2,3)18-10-8-16(9-11-18)24-23(25(33)17-6-5-7-20(14-17)36-4)26(34)27(35)32(24)28-31-21-13-12-19(30)15-22(21)37-28/h5-15,24,33H,1-4H3. The number of amides is 1. The summed E-state index contributed by atoms with van der Waals surface area (Å²) in [5.74, 6) is -1.86. The molecule has 4 aromatic rings. The Hall–Kier alpha value is -4.04. The zero-order chi connectivity index (χ0) is 26.5. The highest BCUT2D eigenvalue weighted by molar-refractivity contribution is 7.22. The Labute approximate surface area is 217 Å². The number of nitrogens with zero attached hydrogens (tertiary/aromatic N) is 2. The molecule has 1 N–H and O–H groups in total. The van der Waals surface area contributed by atoms with Gasteiger partial charge < -0.3 is 9.84 Å². The van der Waals surface area contributed by atoms with E-state index in [-0.39, 0.29) is 21.9 Å². The fraction of sp³-hybridized carbons (Fsp3) is 0.207. The molecule has 1 aliphatic heterocycles. The average Bonchev–Trinajstić information content (AvgIpc) is 3.40. The predicted octanol–water partition coefficient (Wildman–Crippen LogP) is 6.37. The summed E-state index contributed by atoms with van der Waals surface area (Å²) in [6.45, 7) is 6.28. The maximum Gasteiger partial charge on any atom is 0.301 e. The summed E-state index contributed by atoms with van der Waals surface area (Å²) in [5, 5.41) is 11.6. The lowest BCUT2D eigenvalue weighted by atomic mass is 9.85. The summed E-state index contributed by atoms with van der Waals surface area (Å²) in [6.07, 6.45) is 0. The Morgan fingerprint density at radius 2 is 1.78 bits per heavy atom. The van der Waals surface area contributed by atoms with E-state index in [1.807, 2.05) is 24.3 Å². The predicted molar refractivity (Wildman–Crippen MR) is 142 cm³/mol. The second-order valence-corrected chi connectivity index (χ2v) is 10.9. The Kier molecular flexibility index (Phi) is 6.07. The Bertz CT molecular complexity index is 1570. The second-order valence-electron chi connectivity index (χ2n) is 9.88. The molecule has 1 amide bonds. The number of ketones is 1. The molecule has 0 radical (unpaired) electrons. The molecule has 8 heteroatoms. The highest BCUT2D eigenvalue weighted by Crippen LogP contribution is 2.44. The molecule has 1 aromatic heterocycles. The number of rotatable bonds is 4. The maximum absolute atomic E-state index is 13.8. The van der Waals surface area contributed by atoms with Gasteiger partial charge in [0, 0.05) is 5.56 Å². The molecule has 2 heterocycles. The summed E-state index contributed by atoms with van der Waals surface area (Å²) < 4.78 is 19.7. The topological polar surface area (TPSA) is 79.7 Å². The second kappa shape index (κ2) is 9.12. The van der Waals surface area contributed by atoms with Crippen LogP contribution >= 0.6 is 11.3 Å². The summed E-state index contributed by atoms with van der Waals surface area (Å²) >= 11 is 1.11. The molecular weight excluding hydrogens is 491 g/mol. The van der Waals surface area contributed by atoms with Gasteiger partial charge in [0.2, 0.25) is 0 Å². The number of fused-ring (bicyclic) bond motifs is 1. The number of methoxy groups -OCH3 is 1. The van der Waals surface area contributed by atoms with Crippen LogP contribution in [0.2, 0.25) is 0 Å². The Morgan fingerprint density at radius 1 is 1.05 bits per heavy atom. The third kappa shape index (κ3) is 4.38. The number of Topliss-reactive ketones (excluding diaryl/α,β-unsaturated/α-hetero) is 1. The van der Waals surface area contributed by atoms with Gasteiger partial charge in [-0.1, -0.05) is 68.5 Å². The summed E-state index contributed by atoms with van der Waals surface area (Å²) in [4.78, 5) is 32.7. The van der Waals surface area contributed by atoms with Gasteiger partial charge in [0.05, 0.1) is 28.9 Å². The average molecular weight is 517 g/mol. The first-order chi connectivity index (χ1) is 17.6. The number of ether oxygens (including phenoxy) is 1. The molecule has 1 aliphatic rings. The molecule has 0 aliphatic carbocycles. The lowest BCUT2D eigenvalue weighted by molar-refractivity contribution is -0.132. The minimum Gasteiger partial charge on any atom is -0.507 e. The first-order valence-electron chi connectivity index (χ1n) is 11.7. The molecular formula is C29H25FN2O4S. The monoisotopic (exact) mass is 516 g/mol. The SMILES string of the molecule is COc1cccc(C(O)=C2C(=O)C(=O)N(c3nc4ccc(F)cc4s3)C2c2ccc(C(C)(C)C)cc2)c1. The van der Waals surface area contributed by atoms with Gasteiger partial charge in [-0.15, -0.1) is 0 Å². The number of anilines is 1. The van der Waals surface area contributed by atoms with Crippen molar-refractivity contribution in [3.05, 3.63) is 94.8 Å². The number of carbonyl (C=O) groups is 2. The minimum absolute atomic E-state index is 0.0489. The van der Waals surface area contributed by atoms with Crippen molar-refractivity contribution in [1.82, 2.24) is 4.98 Å². The van der Waals surface area contributed by atoms with E-state index in [0.29, 0.717) is 27.1 Å². The van der Waals surface area contributed by atoms with E-state index >= 15 is 0 Å². The largest absolute Gasteiger partial charge is 0.507 e. The molecule has 1 saturated heterocycles. The number of aliphatic hydroxyl groups excluding tert-OH is 1. The van der Waals surface area contributed by atoms with Crippen molar-refractivity contribution in [3.8, 4) is 5.75 Å². The number of hydrogen-bond acceptors (Lipinski definition) is 6. The molecule has 0 spiro atoms. The van der Waals surface area contributed by atoms with Crippen molar-refractivity contribution in [2.24, 2.45) is 0 Å². The van der Waals surface area contributed by atoms with Gasteiger partial charge in [-0.3, -0.25) is 14.5 Å². The molecule has 0 saturated carbocycles. The Morgan fingerprint density at radius 3 is 2.46 bits per heavy atom. The van der Waals surface area contributed by atoms with Crippen LogP contribution in [0.4, 0.5) is 9.52 Å². The first-order valence-corrected chi connectivity index (χ1v) is 12.5. The van der Waals surface area contributed by atoms with Crippen molar-refractivity contribution in [2.45, 2.75) is 32.2 Å². The van der Waals surface area contributed by atoms with Crippen LogP contribution < -0.4 is 9.64 Å². The van der Waals surface area contributed by atoms with Crippen molar-refractivity contribution in [3.63, 3.8) is 0 Å². The molecule has 1 fully saturated rings. The molecule has 3 aromatic carbocycles. The number of aromatic nitrogens is 1. The molecule has 188 valence electrons. The number of thiazole rings is 1. The zero-order valence-corrected chi connectivity index (χ0v) is 21.6. The third-order valence-corrected chi connectivity index (χ3v) is 7.44. The van der Waals surface area contributed by atoms with Crippen LogP contribution in [0.5, 0.6) is 5.75 Å². The van der Waals surface area contributed by atoms with Crippen LogP contribution in [0.15, 0.2) is 72.3 Å². The number of halogens is 1.